The number of para-hydroxylation sites is 2. The van der Waals surface area contributed by atoms with Crippen LogP contribution in [0, 0.1) is 11.7 Å². The van der Waals surface area contributed by atoms with Crippen LogP contribution < -0.4 is 10.2 Å². The van der Waals surface area contributed by atoms with Crippen molar-refractivity contribution in [2.24, 2.45) is 5.92 Å². The Kier molecular flexibility index (Phi) is 6.80. The van der Waals surface area contributed by atoms with Gasteiger partial charge in [-0.25, -0.2) is 9.37 Å². The third kappa shape index (κ3) is 5.06. The van der Waals surface area contributed by atoms with Crippen molar-refractivity contribution in [2.45, 2.75) is 32.2 Å². The molecule has 0 unspecified atom stereocenters. The van der Waals surface area contributed by atoms with Gasteiger partial charge in [-0.05, 0) is 42.5 Å². The van der Waals surface area contributed by atoms with Crippen LogP contribution in [0.4, 0.5) is 10.3 Å². The molecule has 5 rings (SSSR count). The van der Waals surface area contributed by atoms with E-state index in [-0.39, 0.29) is 23.6 Å². The zero-order valence-corrected chi connectivity index (χ0v) is 20.0. The lowest BCUT2D eigenvalue weighted by atomic mass is 9.95. The number of fused-ring (bicyclic) bond motifs is 1. The van der Waals surface area contributed by atoms with Crippen LogP contribution in [0.3, 0.4) is 0 Å². The van der Waals surface area contributed by atoms with E-state index in [2.05, 4.69) is 33.8 Å². The molecule has 4 aromatic rings. The van der Waals surface area contributed by atoms with E-state index in [1.165, 1.54) is 11.6 Å². The van der Waals surface area contributed by atoms with Gasteiger partial charge < -0.3 is 14.8 Å². The summed E-state index contributed by atoms with van der Waals surface area (Å²) in [6.07, 6.45) is 1.54. The molecule has 1 atom stereocenters. The predicted octanol–water partition coefficient (Wildman–Crippen LogP) is 5.36. The highest BCUT2D eigenvalue weighted by molar-refractivity contribution is 5.80. The number of carbonyl (C=O) groups is 1. The third-order valence-corrected chi connectivity index (χ3v) is 7.02. The Labute approximate surface area is 205 Å². The molecule has 1 fully saturated rings. The second-order valence-electron chi connectivity index (χ2n) is 9.40. The second kappa shape index (κ2) is 10.3. The lowest BCUT2D eigenvalue weighted by molar-refractivity contribution is -0.125. The van der Waals surface area contributed by atoms with Gasteiger partial charge in [0.25, 0.3) is 0 Å². The SMILES string of the molecule is C[C@H](CNC(=O)C1CCN(c2nc3ccccc3n2Cc2ccccc2F)CC1)c1ccccc1. The molecule has 1 N–H and O–H groups in total. The van der Waals surface area contributed by atoms with Gasteiger partial charge in [0.1, 0.15) is 5.82 Å². The van der Waals surface area contributed by atoms with Crippen molar-refractivity contribution in [2.75, 3.05) is 24.5 Å². The maximum absolute atomic E-state index is 14.4. The highest BCUT2D eigenvalue weighted by Gasteiger charge is 2.28. The first-order chi connectivity index (χ1) is 17.1. The van der Waals surface area contributed by atoms with Crippen LogP contribution in [0.5, 0.6) is 0 Å². The van der Waals surface area contributed by atoms with E-state index in [1.807, 2.05) is 54.6 Å². The maximum atomic E-state index is 14.4. The number of hydrogen-bond donors (Lipinski definition) is 1. The highest BCUT2D eigenvalue weighted by atomic mass is 19.1. The number of rotatable bonds is 7. The molecule has 0 bridgehead atoms. The summed E-state index contributed by atoms with van der Waals surface area (Å²) in [5, 5.41) is 3.16. The summed E-state index contributed by atoms with van der Waals surface area (Å²) in [6, 6.07) is 25.1. The largest absolute Gasteiger partial charge is 0.355 e. The molecule has 1 aliphatic rings. The molecule has 3 aromatic carbocycles. The smallest absolute Gasteiger partial charge is 0.223 e. The Morgan fingerprint density at radius 2 is 1.69 bits per heavy atom. The average molecular weight is 471 g/mol. The number of amides is 1. The molecule has 35 heavy (non-hydrogen) atoms. The summed E-state index contributed by atoms with van der Waals surface area (Å²) in [5.41, 5.74) is 3.75. The molecule has 5 nitrogen and oxygen atoms in total. The molecule has 0 spiro atoms. The Balaban J connectivity index is 1.26. The quantitative estimate of drug-likeness (QED) is 0.396. The average Bonchev–Trinajstić information content (AvgIpc) is 3.27. The van der Waals surface area contributed by atoms with Crippen LogP contribution in [0.25, 0.3) is 11.0 Å². The Morgan fingerprint density at radius 3 is 2.46 bits per heavy atom. The van der Waals surface area contributed by atoms with Gasteiger partial charge in [-0.2, -0.15) is 0 Å². The number of piperidine rings is 1. The van der Waals surface area contributed by atoms with E-state index >= 15 is 0 Å². The molecular formula is C29H31FN4O. The minimum Gasteiger partial charge on any atom is -0.355 e. The number of aromatic nitrogens is 2. The number of nitrogens with one attached hydrogen (secondary N) is 1. The number of carbonyl (C=O) groups excluding carboxylic acids is 1. The molecular weight excluding hydrogens is 439 g/mol. The minimum atomic E-state index is -0.212. The first kappa shape index (κ1) is 23.1. The molecule has 0 radical (unpaired) electrons. The van der Waals surface area contributed by atoms with Gasteiger partial charge >= 0.3 is 0 Å². The molecule has 0 saturated carbocycles. The summed E-state index contributed by atoms with van der Waals surface area (Å²) in [6.45, 7) is 4.68. The zero-order valence-electron chi connectivity index (χ0n) is 20.0. The van der Waals surface area contributed by atoms with Crippen molar-refractivity contribution in [3.8, 4) is 0 Å². The first-order valence-corrected chi connectivity index (χ1v) is 12.4. The number of imidazole rings is 1. The van der Waals surface area contributed by atoms with Crippen LogP contribution in [-0.2, 0) is 11.3 Å². The lowest BCUT2D eigenvalue weighted by Crippen LogP contribution is -2.42. The van der Waals surface area contributed by atoms with Gasteiger partial charge in [-0.15, -0.1) is 0 Å². The molecule has 2 heterocycles. The van der Waals surface area contributed by atoms with Crippen molar-refractivity contribution < 1.29 is 9.18 Å². The summed E-state index contributed by atoms with van der Waals surface area (Å²) in [7, 11) is 0. The lowest BCUT2D eigenvalue weighted by Gasteiger charge is -2.32. The van der Waals surface area contributed by atoms with E-state index in [0.717, 1.165) is 42.9 Å². The Morgan fingerprint density at radius 1 is 1.00 bits per heavy atom. The summed E-state index contributed by atoms with van der Waals surface area (Å²) >= 11 is 0. The Hall–Kier alpha value is -3.67. The number of hydrogen-bond acceptors (Lipinski definition) is 3. The number of halogens is 1. The maximum Gasteiger partial charge on any atom is 0.223 e. The van der Waals surface area contributed by atoms with Crippen molar-refractivity contribution in [1.82, 2.24) is 14.9 Å². The topological polar surface area (TPSA) is 50.2 Å². The monoisotopic (exact) mass is 470 g/mol. The predicted molar refractivity (Wildman–Crippen MR) is 138 cm³/mol. The molecule has 6 heteroatoms. The van der Waals surface area contributed by atoms with Gasteiger partial charge in [0.05, 0.1) is 17.6 Å². The molecule has 180 valence electrons. The van der Waals surface area contributed by atoms with Gasteiger partial charge in [-0.1, -0.05) is 67.6 Å². The fourth-order valence-electron chi connectivity index (χ4n) is 4.90. The van der Waals surface area contributed by atoms with Gasteiger partial charge in [0, 0.05) is 31.1 Å². The molecule has 1 aromatic heterocycles. The van der Waals surface area contributed by atoms with E-state index in [4.69, 9.17) is 4.98 Å². The van der Waals surface area contributed by atoms with Crippen molar-refractivity contribution in [3.05, 3.63) is 95.8 Å². The fourth-order valence-corrected chi connectivity index (χ4v) is 4.90. The van der Waals surface area contributed by atoms with Crippen molar-refractivity contribution >= 4 is 22.9 Å². The van der Waals surface area contributed by atoms with Gasteiger partial charge in [0.2, 0.25) is 11.9 Å². The summed E-state index contributed by atoms with van der Waals surface area (Å²) in [5.74, 6) is 1.03. The molecule has 1 saturated heterocycles. The van der Waals surface area contributed by atoms with E-state index in [9.17, 15) is 9.18 Å². The van der Waals surface area contributed by atoms with Crippen LogP contribution >= 0.6 is 0 Å². The highest BCUT2D eigenvalue weighted by Crippen LogP contribution is 2.28. The summed E-state index contributed by atoms with van der Waals surface area (Å²) < 4.78 is 16.5. The van der Waals surface area contributed by atoms with Crippen molar-refractivity contribution in [3.63, 3.8) is 0 Å². The normalized spacial score (nSPS) is 15.3. The molecule has 0 aliphatic carbocycles. The summed E-state index contributed by atoms with van der Waals surface area (Å²) in [4.78, 5) is 20.0. The molecule has 1 aliphatic heterocycles. The number of nitrogens with zero attached hydrogens (tertiary/aromatic N) is 3. The van der Waals surface area contributed by atoms with Crippen LogP contribution in [0.15, 0.2) is 78.9 Å². The van der Waals surface area contributed by atoms with Crippen LogP contribution in [-0.4, -0.2) is 35.1 Å². The number of benzene rings is 3. The van der Waals surface area contributed by atoms with Crippen LogP contribution in [0.2, 0.25) is 0 Å². The van der Waals surface area contributed by atoms with E-state index < -0.39 is 0 Å². The third-order valence-electron chi connectivity index (χ3n) is 7.02. The molecule has 1 amide bonds. The van der Waals surface area contributed by atoms with Crippen LogP contribution in [0.1, 0.15) is 36.8 Å². The number of anilines is 1. The standard InChI is InChI=1S/C29H31FN4O/c1-21(22-9-3-2-4-10-22)19-31-28(35)23-15-17-33(18-16-23)29-32-26-13-7-8-14-27(26)34(29)20-24-11-5-6-12-25(24)30/h2-14,21,23H,15-20H2,1H3,(H,31,35)/t21-/m1/s1. The minimum absolute atomic E-state index is 0.00128. The van der Waals surface area contributed by atoms with E-state index in [0.29, 0.717) is 18.7 Å². The first-order valence-electron chi connectivity index (χ1n) is 12.4. The Bertz CT molecular complexity index is 1290. The van der Waals surface area contributed by atoms with Gasteiger partial charge in [0.15, 0.2) is 0 Å². The second-order valence-corrected chi connectivity index (χ2v) is 9.40. The van der Waals surface area contributed by atoms with Gasteiger partial charge in [-0.3, -0.25) is 4.79 Å². The van der Waals surface area contributed by atoms with E-state index in [1.54, 1.807) is 6.07 Å². The zero-order chi connectivity index (χ0) is 24.2. The fraction of sp³-hybridized carbons (Fsp3) is 0.310. The van der Waals surface area contributed by atoms with Crippen molar-refractivity contribution in [1.29, 1.82) is 0 Å².